The molecule has 2 aromatic carbocycles. The molecule has 0 bridgehead atoms. The molecule has 1 amide bonds. The summed E-state index contributed by atoms with van der Waals surface area (Å²) in [5, 5.41) is 0. The van der Waals surface area contributed by atoms with Gasteiger partial charge in [0.15, 0.2) is 0 Å². The zero-order valence-corrected chi connectivity index (χ0v) is 20.3. The molecule has 4 heterocycles. The van der Waals surface area contributed by atoms with Crippen LogP contribution >= 0.6 is 0 Å². The predicted molar refractivity (Wildman–Crippen MR) is 139 cm³/mol. The third kappa shape index (κ3) is 4.54. The van der Waals surface area contributed by atoms with Gasteiger partial charge in [-0.05, 0) is 55.3 Å². The van der Waals surface area contributed by atoms with E-state index in [-0.39, 0.29) is 17.6 Å². The smallest absolute Gasteiger partial charge is 0.323 e. The highest BCUT2D eigenvalue weighted by atomic mass is 16.2. The number of hydrogen-bond donors (Lipinski definition) is 2. The second kappa shape index (κ2) is 9.66. The number of aromatic amines is 2. The Morgan fingerprint density at radius 2 is 1.69 bits per heavy atom. The maximum Gasteiger partial charge on any atom is 0.323 e. The Balaban J connectivity index is 1.09. The number of hydrogen-bond acceptors (Lipinski definition) is 5. The van der Waals surface area contributed by atoms with E-state index in [1.807, 2.05) is 33.9 Å². The number of H-pyrrole nitrogens is 2. The van der Waals surface area contributed by atoms with E-state index < -0.39 is 0 Å². The number of nitrogens with zero attached hydrogens (tertiary/aromatic N) is 5. The fourth-order valence-electron chi connectivity index (χ4n) is 5.49. The molecule has 6 rings (SSSR count). The third-order valence-corrected chi connectivity index (χ3v) is 7.48. The van der Waals surface area contributed by atoms with Crippen molar-refractivity contribution in [3.63, 3.8) is 0 Å². The van der Waals surface area contributed by atoms with Crippen LogP contribution in [0, 0.1) is 0 Å². The second-order valence-corrected chi connectivity index (χ2v) is 9.74. The number of fused-ring (bicyclic) bond motifs is 1. The summed E-state index contributed by atoms with van der Waals surface area (Å²) in [4.78, 5) is 41.6. The Morgan fingerprint density at radius 3 is 2.47 bits per heavy atom. The van der Waals surface area contributed by atoms with Crippen LogP contribution in [0.15, 0.2) is 66.0 Å². The summed E-state index contributed by atoms with van der Waals surface area (Å²) < 4.78 is 1.99. The van der Waals surface area contributed by atoms with Crippen molar-refractivity contribution in [1.29, 1.82) is 0 Å². The topological polar surface area (TPSA) is 93.3 Å². The lowest BCUT2D eigenvalue weighted by Crippen LogP contribution is -2.56. The first-order valence-electron chi connectivity index (χ1n) is 12.7. The van der Waals surface area contributed by atoms with Crippen LogP contribution in [-0.4, -0.2) is 74.0 Å². The maximum atomic E-state index is 13.6. The summed E-state index contributed by atoms with van der Waals surface area (Å²) in [7, 11) is 0. The van der Waals surface area contributed by atoms with E-state index >= 15 is 0 Å². The Hall–Kier alpha value is -3.85. The molecule has 0 saturated carbocycles. The first-order valence-corrected chi connectivity index (χ1v) is 12.7. The van der Waals surface area contributed by atoms with E-state index in [1.165, 1.54) is 5.56 Å². The summed E-state index contributed by atoms with van der Waals surface area (Å²) in [6.45, 7) is 4.74. The number of carbonyl (C=O) groups is 1. The minimum atomic E-state index is -0.191. The molecule has 2 saturated heterocycles. The SMILES string of the molecule is O=C(C1CCCCN1Cc1ccc(-n2ccnc2)cc1)N1CCN(c2ccc3[nH]c(=O)[nH]c3c2)CC1. The fourth-order valence-corrected chi connectivity index (χ4v) is 5.49. The number of nitrogens with one attached hydrogen (secondary N) is 2. The first kappa shape index (κ1) is 22.6. The molecule has 0 radical (unpaired) electrons. The van der Waals surface area contributed by atoms with Crippen LogP contribution in [0.25, 0.3) is 16.7 Å². The maximum absolute atomic E-state index is 13.6. The first-order chi connectivity index (χ1) is 17.6. The Labute approximate surface area is 209 Å². The minimum absolute atomic E-state index is 0.0556. The van der Waals surface area contributed by atoms with Crippen molar-refractivity contribution in [2.45, 2.75) is 31.8 Å². The molecular formula is C27H31N7O2. The highest BCUT2D eigenvalue weighted by Crippen LogP contribution is 2.24. The summed E-state index contributed by atoms with van der Waals surface area (Å²) in [6, 6.07) is 14.4. The zero-order valence-electron chi connectivity index (χ0n) is 20.3. The minimum Gasteiger partial charge on any atom is -0.368 e. The van der Waals surface area contributed by atoms with Gasteiger partial charge in [-0.1, -0.05) is 18.6 Å². The van der Waals surface area contributed by atoms with Gasteiger partial charge in [-0.25, -0.2) is 9.78 Å². The van der Waals surface area contributed by atoms with Gasteiger partial charge in [0.2, 0.25) is 5.91 Å². The average molecular weight is 486 g/mol. The highest BCUT2D eigenvalue weighted by Gasteiger charge is 2.33. The van der Waals surface area contributed by atoms with Crippen LogP contribution < -0.4 is 10.6 Å². The summed E-state index contributed by atoms with van der Waals surface area (Å²) >= 11 is 0. The molecule has 2 N–H and O–H groups in total. The van der Waals surface area contributed by atoms with Crippen LogP contribution in [0.5, 0.6) is 0 Å². The standard InChI is InChI=1S/C27H31N7O2/c35-26(32-15-13-31(14-16-32)22-8-9-23-24(17-22)30-27(36)29-23)25-3-1-2-11-33(25)18-20-4-6-21(7-5-20)34-12-10-28-19-34/h4-10,12,17,19,25H,1-3,11,13-16,18H2,(H2,29,30,36). The van der Waals surface area contributed by atoms with Crippen molar-refractivity contribution >= 4 is 22.6 Å². The van der Waals surface area contributed by atoms with Crippen molar-refractivity contribution in [3.05, 3.63) is 77.2 Å². The van der Waals surface area contributed by atoms with Crippen molar-refractivity contribution in [1.82, 2.24) is 29.3 Å². The molecule has 1 unspecified atom stereocenters. The number of rotatable bonds is 5. The molecule has 4 aromatic rings. The molecule has 0 spiro atoms. The second-order valence-electron chi connectivity index (χ2n) is 9.74. The average Bonchev–Trinajstić information content (AvgIpc) is 3.58. The number of aromatic nitrogens is 4. The Morgan fingerprint density at radius 1 is 0.917 bits per heavy atom. The number of anilines is 1. The molecule has 186 valence electrons. The van der Waals surface area contributed by atoms with Crippen LogP contribution in [-0.2, 0) is 11.3 Å². The van der Waals surface area contributed by atoms with E-state index in [1.54, 1.807) is 12.5 Å². The largest absolute Gasteiger partial charge is 0.368 e. The normalized spacial score (nSPS) is 19.2. The van der Waals surface area contributed by atoms with Gasteiger partial charge >= 0.3 is 5.69 Å². The van der Waals surface area contributed by atoms with E-state index in [9.17, 15) is 9.59 Å². The predicted octanol–water partition coefficient (Wildman–Crippen LogP) is 2.75. The Kier molecular flexibility index (Phi) is 6.06. The van der Waals surface area contributed by atoms with E-state index in [0.29, 0.717) is 13.1 Å². The monoisotopic (exact) mass is 485 g/mol. The summed E-state index contributed by atoms with van der Waals surface area (Å²) in [5.74, 6) is 0.259. The summed E-state index contributed by atoms with van der Waals surface area (Å²) in [5.41, 5.74) is 4.81. The highest BCUT2D eigenvalue weighted by molar-refractivity contribution is 5.83. The molecular weight excluding hydrogens is 454 g/mol. The lowest BCUT2D eigenvalue weighted by molar-refractivity contribution is -0.138. The van der Waals surface area contributed by atoms with Crippen molar-refractivity contribution in [2.75, 3.05) is 37.6 Å². The number of carbonyl (C=O) groups excluding carboxylic acids is 1. The summed E-state index contributed by atoms with van der Waals surface area (Å²) in [6.07, 6.45) is 8.67. The third-order valence-electron chi connectivity index (χ3n) is 7.48. The number of piperidine rings is 1. The van der Waals surface area contributed by atoms with Gasteiger partial charge in [0.1, 0.15) is 0 Å². The van der Waals surface area contributed by atoms with Crippen LogP contribution in [0.3, 0.4) is 0 Å². The van der Waals surface area contributed by atoms with Gasteiger partial charge in [-0.2, -0.15) is 0 Å². The molecule has 0 aliphatic carbocycles. The zero-order chi connectivity index (χ0) is 24.5. The number of piperazine rings is 1. The number of amides is 1. The molecule has 2 aromatic heterocycles. The van der Waals surface area contributed by atoms with E-state index in [4.69, 9.17) is 0 Å². The number of likely N-dealkylation sites (tertiary alicyclic amines) is 1. The van der Waals surface area contributed by atoms with Crippen LogP contribution in [0.2, 0.25) is 0 Å². The molecule has 9 nitrogen and oxygen atoms in total. The number of imidazole rings is 2. The van der Waals surface area contributed by atoms with Crippen LogP contribution in [0.1, 0.15) is 24.8 Å². The van der Waals surface area contributed by atoms with E-state index in [0.717, 1.165) is 67.8 Å². The Bertz CT molecular complexity index is 1380. The number of benzene rings is 2. The van der Waals surface area contributed by atoms with Gasteiger partial charge in [0.05, 0.1) is 23.4 Å². The van der Waals surface area contributed by atoms with Crippen molar-refractivity contribution < 1.29 is 4.79 Å². The fraction of sp³-hybridized carbons (Fsp3) is 0.370. The molecule has 9 heteroatoms. The van der Waals surface area contributed by atoms with Crippen molar-refractivity contribution in [2.24, 2.45) is 0 Å². The van der Waals surface area contributed by atoms with Gasteiger partial charge < -0.3 is 24.3 Å². The van der Waals surface area contributed by atoms with E-state index in [2.05, 4.69) is 49.0 Å². The van der Waals surface area contributed by atoms with Crippen molar-refractivity contribution in [3.8, 4) is 5.69 Å². The lowest BCUT2D eigenvalue weighted by atomic mass is 9.99. The molecule has 2 fully saturated rings. The van der Waals surface area contributed by atoms with Crippen LogP contribution in [0.4, 0.5) is 5.69 Å². The quantitative estimate of drug-likeness (QED) is 0.454. The van der Waals surface area contributed by atoms with Gasteiger partial charge in [0, 0.05) is 56.5 Å². The van der Waals surface area contributed by atoms with Gasteiger partial charge in [-0.15, -0.1) is 0 Å². The molecule has 2 aliphatic rings. The molecule has 36 heavy (non-hydrogen) atoms. The molecule has 1 atom stereocenters. The van der Waals surface area contributed by atoms with Gasteiger partial charge in [0.25, 0.3) is 0 Å². The molecule has 2 aliphatic heterocycles. The van der Waals surface area contributed by atoms with Gasteiger partial charge in [-0.3, -0.25) is 9.69 Å². The lowest BCUT2D eigenvalue weighted by Gasteiger charge is -2.41.